The van der Waals surface area contributed by atoms with Crippen LogP contribution < -0.4 is 5.73 Å². The lowest BCUT2D eigenvalue weighted by atomic mass is 10.1. The van der Waals surface area contributed by atoms with Gasteiger partial charge in [-0.05, 0) is 26.0 Å². The second-order valence-corrected chi connectivity index (χ2v) is 4.65. The van der Waals surface area contributed by atoms with Gasteiger partial charge in [-0.15, -0.1) is 0 Å². The van der Waals surface area contributed by atoms with Crippen molar-refractivity contribution in [2.75, 3.05) is 25.9 Å². The molecular weight excluding hydrogens is 219 g/mol. The molecule has 1 aromatic rings. The predicted octanol–water partition coefficient (Wildman–Crippen LogP) is 2.02. The average Bonchev–Trinajstić information content (AvgIpc) is 2.77. The van der Waals surface area contributed by atoms with Gasteiger partial charge in [0.2, 0.25) is 0 Å². The minimum absolute atomic E-state index is 0.216. The molecule has 1 saturated heterocycles. The number of hydrogen-bond donors (Lipinski definition) is 1. The SMILES string of the molecule is CN(Cc1cccc(N)c1F)CC1CCCO1. The third-order valence-corrected chi connectivity index (χ3v) is 3.09. The van der Waals surface area contributed by atoms with E-state index in [0.717, 1.165) is 26.0 Å². The van der Waals surface area contributed by atoms with E-state index in [-0.39, 0.29) is 11.5 Å². The fourth-order valence-electron chi connectivity index (χ4n) is 2.21. The third-order valence-electron chi connectivity index (χ3n) is 3.09. The number of rotatable bonds is 4. The molecule has 1 fully saturated rings. The van der Waals surface area contributed by atoms with E-state index in [1.807, 2.05) is 7.05 Å². The van der Waals surface area contributed by atoms with Crippen LogP contribution in [0.3, 0.4) is 0 Å². The Hall–Kier alpha value is -1.13. The van der Waals surface area contributed by atoms with Gasteiger partial charge in [0.15, 0.2) is 5.82 Å². The van der Waals surface area contributed by atoms with Crippen LogP contribution in [0, 0.1) is 5.82 Å². The number of hydrogen-bond acceptors (Lipinski definition) is 3. The minimum atomic E-state index is -0.299. The smallest absolute Gasteiger partial charge is 0.150 e. The molecule has 4 heteroatoms. The highest BCUT2D eigenvalue weighted by molar-refractivity contribution is 5.42. The number of nitrogens with zero attached hydrogens (tertiary/aromatic N) is 1. The molecule has 94 valence electrons. The van der Waals surface area contributed by atoms with E-state index in [9.17, 15) is 4.39 Å². The molecule has 1 unspecified atom stereocenters. The first-order valence-corrected chi connectivity index (χ1v) is 6.00. The Bertz CT molecular complexity index is 378. The van der Waals surface area contributed by atoms with Crippen LogP contribution in [0.4, 0.5) is 10.1 Å². The Morgan fingerprint density at radius 2 is 2.35 bits per heavy atom. The normalized spacial score (nSPS) is 20.1. The number of anilines is 1. The molecule has 1 atom stereocenters. The van der Waals surface area contributed by atoms with Gasteiger partial charge in [-0.3, -0.25) is 4.90 Å². The van der Waals surface area contributed by atoms with E-state index in [1.165, 1.54) is 0 Å². The summed E-state index contributed by atoms with van der Waals surface area (Å²) in [6.45, 7) is 2.26. The van der Waals surface area contributed by atoms with Crippen LogP contribution >= 0.6 is 0 Å². The van der Waals surface area contributed by atoms with Gasteiger partial charge < -0.3 is 10.5 Å². The van der Waals surface area contributed by atoms with Crippen molar-refractivity contribution >= 4 is 5.69 Å². The van der Waals surface area contributed by atoms with Crippen molar-refractivity contribution in [1.82, 2.24) is 4.90 Å². The Labute approximate surface area is 101 Å². The molecule has 17 heavy (non-hydrogen) atoms. The summed E-state index contributed by atoms with van der Waals surface area (Å²) < 4.78 is 19.2. The molecule has 0 radical (unpaired) electrons. The highest BCUT2D eigenvalue weighted by Gasteiger charge is 2.18. The summed E-state index contributed by atoms with van der Waals surface area (Å²) >= 11 is 0. The van der Waals surface area contributed by atoms with Gasteiger partial charge in [-0.1, -0.05) is 12.1 Å². The molecule has 0 aliphatic carbocycles. The van der Waals surface area contributed by atoms with Gasteiger partial charge in [0.05, 0.1) is 11.8 Å². The largest absolute Gasteiger partial charge is 0.396 e. The van der Waals surface area contributed by atoms with Gasteiger partial charge in [0.25, 0.3) is 0 Å². The fraction of sp³-hybridized carbons (Fsp3) is 0.538. The van der Waals surface area contributed by atoms with Crippen molar-refractivity contribution in [3.8, 4) is 0 Å². The molecule has 2 N–H and O–H groups in total. The number of benzene rings is 1. The molecule has 1 aliphatic rings. The molecule has 1 heterocycles. The molecule has 0 aromatic heterocycles. The summed E-state index contributed by atoms with van der Waals surface area (Å²) in [5.74, 6) is -0.299. The van der Waals surface area contributed by atoms with E-state index >= 15 is 0 Å². The van der Waals surface area contributed by atoms with Crippen LogP contribution in [0.2, 0.25) is 0 Å². The lowest BCUT2D eigenvalue weighted by Gasteiger charge is -2.20. The first-order chi connectivity index (χ1) is 8.16. The van der Waals surface area contributed by atoms with E-state index in [4.69, 9.17) is 10.5 Å². The zero-order valence-electron chi connectivity index (χ0n) is 10.2. The molecule has 1 aliphatic heterocycles. The number of ether oxygens (including phenoxy) is 1. The molecule has 0 spiro atoms. The Morgan fingerprint density at radius 3 is 3.06 bits per heavy atom. The van der Waals surface area contributed by atoms with E-state index in [0.29, 0.717) is 18.2 Å². The summed E-state index contributed by atoms with van der Waals surface area (Å²) in [7, 11) is 1.98. The maximum absolute atomic E-state index is 13.7. The summed E-state index contributed by atoms with van der Waals surface area (Å²) in [6, 6.07) is 5.14. The Kier molecular flexibility index (Phi) is 3.97. The average molecular weight is 238 g/mol. The first-order valence-electron chi connectivity index (χ1n) is 6.00. The predicted molar refractivity (Wildman–Crippen MR) is 66.1 cm³/mol. The molecule has 2 rings (SSSR count). The Balaban J connectivity index is 1.93. The number of nitrogen functional groups attached to an aromatic ring is 1. The molecule has 0 amide bonds. The van der Waals surface area contributed by atoms with Gasteiger partial charge in [-0.25, -0.2) is 4.39 Å². The van der Waals surface area contributed by atoms with Crippen molar-refractivity contribution in [3.05, 3.63) is 29.6 Å². The van der Waals surface area contributed by atoms with Crippen LogP contribution in [-0.4, -0.2) is 31.2 Å². The second kappa shape index (κ2) is 5.47. The lowest BCUT2D eigenvalue weighted by molar-refractivity contribution is 0.0790. The highest BCUT2D eigenvalue weighted by Crippen LogP contribution is 2.18. The fourth-order valence-corrected chi connectivity index (χ4v) is 2.21. The second-order valence-electron chi connectivity index (χ2n) is 4.65. The standard InChI is InChI=1S/C13H19FN2O/c1-16(9-11-5-3-7-17-11)8-10-4-2-6-12(15)13(10)14/h2,4,6,11H,3,5,7-9,15H2,1H3. The first kappa shape index (κ1) is 12.3. The van der Waals surface area contributed by atoms with Crippen LogP contribution in [0.5, 0.6) is 0 Å². The minimum Gasteiger partial charge on any atom is -0.396 e. The summed E-state index contributed by atoms with van der Waals surface area (Å²) in [6.07, 6.45) is 2.53. The maximum atomic E-state index is 13.7. The quantitative estimate of drug-likeness (QED) is 0.816. The number of likely N-dealkylation sites (N-methyl/N-ethyl adjacent to an activating group) is 1. The van der Waals surface area contributed by atoms with Crippen LogP contribution in [0.15, 0.2) is 18.2 Å². The van der Waals surface area contributed by atoms with Crippen LogP contribution in [0.25, 0.3) is 0 Å². The molecule has 3 nitrogen and oxygen atoms in total. The summed E-state index contributed by atoms with van der Waals surface area (Å²) in [5.41, 5.74) is 6.40. The Morgan fingerprint density at radius 1 is 1.53 bits per heavy atom. The van der Waals surface area contributed by atoms with Crippen LogP contribution in [-0.2, 0) is 11.3 Å². The number of halogens is 1. The van der Waals surface area contributed by atoms with Gasteiger partial charge in [0, 0.05) is 25.3 Å². The zero-order valence-corrected chi connectivity index (χ0v) is 10.2. The van der Waals surface area contributed by atoms with E-state index in [1.54, 1.807) is 18.2 Å². The highest BCUT2D eigenvalue weighted by atomic mass is 19.1. The number of nitrogens with two attached hydrogens (primary N) is 1. The van der Waals surface area contributed by atoms with Crippen molar-refractivity contribution in [2.24, 2.45) is 0 Å². The monoisotopic (exact) mass is 238 g/mol. The van der Waals surface area contributed by atoms with Crippen LogP contribution in [0.1, 0.15) is 18.4 Å². The van der Waals surface area contributed by atoms with Crippen molar-refractivity contribution in [3.63, 3.8) is 0 Å². The zero-order chi connectivity index (χ0) is 12.3. The lowest BCUT2D eigenvalue weighted by Crippen LogP contribution is -2.28. The van der Waals surface area contributed by atoms with Gasteiger partial charge >= 0.3 is 0 Å². The van der Waals surface area contributed by atoms with E-state index in [2.05, 4.69) is 4.90 Å². The van der Waals surface area contributed by atoms with Crippen molar-refractivity contribution in [1.29, 1.82) is 0 Å². The third kappa shape index (κ3) is 3.17. The molecule has 0 bridgehead atoms. The maximum Gasteiger partial charge on any atom is 0.150 e. The van der Waals surface area contributed by atoms with Gasteiger partial charge in [-0.2, -0.15) is 0 Å². The summed E-state index contributed by atoms with van der Waals surface area (Å²) in [5, 5.41) is 0. The van der Waals surface area contributed by atoms with Crippen molar-refractivity contribution < 1.29 is 9.13 Å². The topological polar surface area (TPSA) is 38.5 Å². The van der Waals surface area contributed by atoms with Gasteiger partial charge in [0.1, 0.15) is 0 Å². The summed E-state index contributed by atoms with van der Waals surface area (Å²) in [4.78, 5) is 2.08. The van der Waals surface area contributed by atoms with Crippen molar-refractivity contribution in [2.45, 2.75) is 25.5 Å². The van der Waals surface area contributed by atoms with E-state index < -0.39 is 0 Å². The molecule has 0 saturated carbocycles. The molecular formula is C13H19FN2O. The molecule has 1 aromatic carbocycles.